The molecule has 0 aliphatic rings. The molecular weight excluding hydrogens is 329 g/mol. The van der Waals surface area contributed by atoms with Crippen LogP contribution < -0.4 is 9.83 Å². The van der Waals surface area contributed by atoms with Gasteiger partial charge in [0.15, 0.2) is 0 Å². The number of hydrogen-bond donors (Lipinski definition) is 0. The molecule has 0 aromatic heterocycles. The van der Waals surface area contributed by atoms with E-state index in [0.717, 1.165) is 18.4 Å². The number of nitrogens with zero attached hydrogens (tertiary/aromatic N) is 1. The summed E-state index contributed by atoms with van der Waals surface area (Å²) in [6, 6.07) is 12.7. The van der Waals surface area contributed by atoms with Crippen molar-refractivity contribution in [3.05, 3.63) is 64.2 Å². The monoisotopic (exact) mass is 349 g/mol. The zero-order valence-electron chi connectivity index (χ0n) is 13.7. The van der Waals surface area contributed by atoms with Gasteiger partial charge in [-0.2, -0.15) is 0 Å². The van der Waals surface area contributed by atoms with Gasteiger partial charge in [-0.25, -0.2) is 4.57 Å². The summed E-state index contributed by atoms with van der Waals surface area (Å²) in [4.78, 5) is 10.2. The molecule has 0 N–H and O–H groups in total. The summed E-state index contributed by atoms with van der Waals surface area (Å²) in [6.07, 6.45) is 1.98. The Hall–Kier alpha value is -2.17. The molecule has 0 saturated heterocycles. The van der Waals surface area contributed by atoms with E-state index in [0.29, 0.717) is 5.30 Å². The van der Waals surface area contributed by atoms with Crippen molar-refractivity contribution >= 4 is 18.6 Å². The second kappa shape index (κ2) is 8.08. The van der Waals surface area contributed by atoms with Crippen LogP contribution in [0.25, 0.3) is 0 Å². The average Bonchev–Trinajstić information content (AvgIpc) is 2.56. The summed E-state index contributed by atoms with van der Waals surface area (Å²) >= 11 is 0. The normalized spacial score (nSPS) is 13.2. The molecule has 7 heteroatoms. The molecule has 24 heavy (non-hydrogen) atoms. The van der Waals surface area contributed by atoms with Crippen molar-refractivity contribution in [1.29, 1.82) is 0 Å². The Morgan fingerprint density at radius 2 is 1.67 bits per heavy atom. The molecule has 2 rings (SSSR count). The second-order valence-electron chi connectivity index (χ2n) is 5.17. The Kier molecular flexibility index (Phi) is 6.12. The lowest BCUT2D eigenvalue weighted by molar-refractivity contribution is -0.384. The molecule has 0 saturated carbocycles. The molecular formula is C17H20NO5P. The fraction of sp³-hybridized carbons (Fsp3) is 0.294. The fourth-order valence-electron chi connectivity index (χ4n) is 2.22. The van der Waals surface area contributed by atoms with E-state index < -0.39 is 12.5 Å². The second-order valence-corrected chi connectivity index (χ2v) is 7.13. The first-order valence-corrected chi connectivity index (χ1v) is 9.31. The van der Waals surface area contributed by atoms with E-state index in [2.05, 4.69) is 6.92 Å². The van der Waals surface area contributed by atoms with Crippen molar-refractivity contribution < 1.29 is 18.5 Å². The third-order valence-electron chi connectivity index (χ3n) is 3.36. The Morgan fingerprint density at radius 1 is 1.04 bits per heavy atom. The lowest BCUT2D eigenvalue weighted by Crippen LogP contribution is -2.12. The van der Waals surface area contributed by atoms with E-state index in [1.54, 1.807) is 19.1 Å². The maximum absolute atomic E-state index is 13.1. The maximum atomic E-state index is 13.1. The summed E-state index contributed by atoms with van der Waals surface area (Å²) in [5.74, 6) is 0.259. The van der Waals surface area contributed by atoms with Gasteiger partial charge in [0.2, 0.25) is 0 Å². The van der Waals surface area contributed by atoms with Gasteiger partial charge in [0.25, 0.3) is 5.69 Å². The molecule has 0 aliphatic heterocycles. The molecule has 0 radical (unpaired) electrons. The van der Waals surface area contributed by atoms with Crippen LogP contribution in [-0.4, -0.2) is 11.5 Å². The van der Waals surface area contributed by atoms with Gasteiger partial charge in [-0.1, -0.05) is 25.5 Å². The van der Waals surface area contributed by atoms with Gasteiger partial charge in [-0.15, -0.1) is 0 Å². The van der Waals surface area contributed by atoms with E-state index in [4.69, 9.17) is 9.05 Å². The summed E-state index contributed by atoms with van der Waals surface area (Å²) < 4.78 is 24.1. The largest absolute Gasteiger partial charge is 0.421 e. The summed E-state index contributed by atoms with van der Waals surface area (Å²) in [5.41, 5.74) is 1.09. The summed E-state index contributed by atoms with van der Waals surface area (Å²) in [7, 11) is -3.54. The third-order valence-corrected chi connectivity index (χ3v) is 5.34. The van der Waals surface area contributed by atoms with Crippen molar-refractivity contribution in [2.45, 2.75) is 26.7 Å². The molecule has 1 unspecified atom stereocenters. The minimum atomic E-state index is -3.54. The number of rotatable bonds is 8. The first-order valence-electron chi connectivity index (χ1n) is 7.76. The highest BCUT2D eigenvalue weighted by Gasteiger charge is 2.29. The van der Waals surface area contributed by atoms with Crippen LogP contribution in [0.2, 0.25) is 0 Å². The molecule has 0 spiro atoms. The SMILES string of the molecule is CCCc1ccc(P(=O)(OCC)Oc2ccc([N+](=O)[O-])cc2)cc1. The summed E-state index contributed by atoms with van der Waals surface area (Å²) in [5, 5.41) is 11.2. The van der Waals surface area contributed by atoms with Crippen LogP contribution in [0.3, 0.4) is 0 Å². The van der Waals surface area contributed by atoms with Crippen LogP contribution in [0.4, 0.5) is 5.69 Å². The lowest BCUT2D eigenvalue weighted by Gasteiger charge is -2.19. The Balaban J connectivity index is 2.26. The van der Waals surface area contributed by atoms with Gasteiger partial charge in [-0.05, 0) is 43.2 Å². The van der Waals surface area contributed by atoms with Crippen LogP contribution >= 0.6 is 7.60 Å². The standard InChI is InChI=1S/C17H20NO5P/c1-3-5-14-6-12-17(13-7-14)24(21,22-4-2)23-16-10-8-15(9-11-16)18(19)20/h6-13H,3-5H2,1-2H3. The highest BCUT2D eigenvalue weighted by Crippen LogP contribution is 2.47. The van der Waals surface area contributed by atoms with E-state index >= 15 is 0 Å². The van der Waals surface area contributed by atoms with Gasteiger partial charge in [0, 0.05) is 12.1 Å². The van der Waals surface area contributed by atoms with Crippen molar-refractivity contribution in [2.24, 2.45) is 0 Å². The molecule has 2 aromatic carbocycles. The van der Waals surface area contributed by atoms with E-state index in [-0.39, 0.29) is 18.0 Å². The molecule has 1 atom stereocenters. The lowest BCUT2D eigenvalue weighted by atomic mass is 10.1. The van der Waals surface area contributed by atoms with Crippen molar-refractivity contribution in [3.8, 4) is 5.75 Å². The number of hydrogen-bond acceptors (Lipinski definition) is 5. The topological polar surface area (TPSA) is 78.7 Å². The van der Waals surface area contributed by atoms with Gasteiger partial charge >= 0.3 is 7.60 Å². The summed E-state index contributed by atoms with van der Waals surface area (Å²) in [6.45, 7) is 4.05. The van der Waals surface area contributed by atoms with Gasteiger partial charge < -0.3 is 4.52 Å². The molecule has 0 bridgehead atoms. The predicted octanol–water partition coefficient (Wildman–Crippen LogP) is 4.48. The van der Waals surface area contributed by atoms with E-state index in [1.165, 1.54) is 24.3 Å². The molecule has 0 amide bonds. The van der Waals surface area contributed by atoms with Crippen molar-refractivity contribution in [1.82, 2.24) is 0 Å². The molecule has 0 fully saturated rings. The van der Waals surface area contributed by atoms with Gasteiger partial charge in [0.1, 0.15) is 5.75 Å². The Bertz CT molecular complexity index is 728. The number of non-ortho nitro benzene ring substituents is 1. The molecule has 6 nitrogen and oxygen atoms in total. The van der Waals surface area contributed by atoms with Gasteiger partial charge in [0.05, 0.1) is 16.8 Å². The smallest absolute Gasteiger partial charge is 0.410 e. The highest BCUT2D eigenvalue weighted by atomic mass is 31.2. The van der Waals surface area contributed by atoms with Crippen LogP contribution in [-0.2, 0) is 15.5 Å². The molecule has 0 heterocycles. The van der Waals surface area contributed by atoms with Gasteiger partial charge in [-0.3, -0.25) is 14.6 Å². The molecule has 0 aliphatic carbocycles. The minimum absolute atomic E-state index is 0.0579. The van der Waals surface area contributed by atoms with E-state index in [9.17, 15) is 14.7 Å². The van der Waals surface area contributed by atoms with Crippen LogP contribution in [0, 0.1) is 10.1 Å². The maximum Gasteiger partial charge on any atom is 0.410 e. The first-order chi connectivity index (χ1) is 11.5. The quantitative estimate of drug-likeness (QED) is 0.399. The average molecular weight is 349 g/mol. The zero-order chi connectivity index (χ0) is 17.6. The number of nitro benzene ring substituents is 1. The minimum Gasteiger partial charge on any atom is -0.421 e. The van der Waals surface area contributed by atoms with E-state index in [1.807, 2.05) is 12.1 Å². The fourth-order valence-corrected chi connectivity index (χ4v) is 3.79. The third kappa shape index (κ3) is 4.43. The zero-order valence-corrected chi connectivity index (χ0v) is 14.6. The van der Waals surface area contributed by atoms with Crippen LogP contribution in [0.15, 0.2) is 48.5 Å². The van der Waals surface area contributed by atoms with Crippen LogP contribution in [0.5, 0.6) is 5.75 Å². The number of benzene rings is 2. The molecule has 2 aromatic rings. The number of aryl methyl sites for hydroxylation is 1. The predicted molar refractivity (Wildman–Crippen MR) is 93.0 cm³/mol. The van der Waals surface area contributed by atoms with Crippen LogP contribution in [0.1, 0.15) is 25.8 Å². The Labute approximate surface area is 141 Å². The highest BCUT2D eigenvalue weighted by molar-refractivity contribution is 7.62. The number of nitro groups is 1. The molecule has 128 valence electrons. The van der Waals surface area contributed by atoms with Crippen molar-refractivity contribution in [2.75, 3.05) is 6.61 Å². The first kappa shape index (κ1) is 18.2. The van der Waals surface area contributed by atoms with Crippen molar-refractivity contribution in [3.63, 3.8) is 0 Å². The Morgan fingerprint density at radius 3 is 2.17 bits per heavy atom.